The first-order valence-electron chi connectivity index (χ1n) is 11.5. The number of nitrogens with zero attached hydrogens (tertiary/aromatic N) is 1. The smallest absolute Gasteiger partial charge is 0.183 e. The molecule has 2 aromatic carbocycles. The molecule has 1 heterocycles. The molecule has 1 aliphatic heterocycles. The Bertz CT molecular complexity index is 1140. The summed E-state index contributed by atoms with van der Waals surface area (Å²) in [5.41, 5.74) is 3.40. The van der Waals surface area contributed by atoms with E-state index in [2.05, 4.69) is 41.4 Å². The molecular formula is C25H36N2O4S2. The highest BCUT2D eigenvalue weighted by Crippen LogP contribution is 2.28. The largest absolute Gasteiger partial charge is 0.310 e. The fourth-order valence-electron chi connectivity index (χ4n) is 4.37. The molecule has 0 aliphatic carbocycles. The second-order valence-corrected chi connectivity index (χ2v) is 13.8. The molecule has 0 radical (unpaired) electrons. The van der Waals surface area contributed by atoms with Crippen molar-refractivity contribution in [2.45, 2.75) is 55.3 Å². The number of hydrogen-bond donors (Lipinski definition) is 1. The van der Waals surface area contributed by atoms with Crippen molar-refractivity contribution in [3.63, 3.8) is 0 Å². The van der Waals surface area contributed by atoms with Crippen LogP contribution in [0.25, 0.3) is 0 Å². The normalized spacial score (nSPS) is 21.5. The van der Waals surface area contributed by atoms with Crippen molar-refractivity contribution in [2.75, 3.05) is 32.1 Å². The second kappa shape index (κ2) is 10.3. The molecule has 3 atom stereocenters. The molecule has 0 spiro atoms. The fourth-order valence-corrected chi connectivity index (χ4v) is 9.08. The molecule has 0 bridgehead atoms. The average molecular weight is 493 g/mol. The van der Waals surface area contributed by atoms with Gasteiger partial charge < -0.3 is 10.2 Å². The second-order valence-electron chi connectivity index (χ2n) is 9.47. The van der Waals surface area contributed by atoms with Crippen LogP contribution in [-0.4, -0.2) is 65.2 Å². The van der Waals surface area contributed by atoms with Gasteiger partial charge in [0.1, 0.15) is 0 Å². The third-order valence-electron chi connectivity index (χ3n) is 6.54. The van der Waals surface area contributed by atoms with Crippen LogP contribution in [0, 0.1) is 0 Å². The molecule has 33 heavy (non-hydrogen) atoms. The predicted molar refractivity (Wildman–Crippen MR) is 134 cm³/mol. The molecule has 3 rings (SSSR count). The summed E-state index contributed by atoms with van der Waals surface area (Å²) in [7, 11) is -3.32. The monoisotopic (exact) mass is 492 g/mol. The zero-order valence-electron chi connectivity index (χ0n) is 20.2. The summed E-state index contributed by atoms with van der Waals surface area (Å²) < 4.78 is 51.8. The summed E-state index contributed by atoms with van der Waals surface area (Å²) in [6.45, 7) is 6.66. The first-order valence-corrected chi connectivity index (χ1v) is 14.8. The standard InChI is InChI=1S/C25H36N2O4S2/c1-6-19-7-9-21(10-8-19)24(27(4)5)15-26-23-16-32(28,29)17-25(23)33(30,31)22-13-11-20(12-14-22)18(2)3/h7-14,18,23-26H,6,15-17H2,1-5H3/t23-,24?,25-/m0/s1. The number of likely N-dealkylation sites (N-methyl/N-ethyl adjacent to an activating group) is 1. The van der Waals surface area contributed by atoms with Crippen molar-refractivity contribution in [1.82, 2.24) is 10.2 Å². The zero-order chi connectivity index (χ0) is 24.4. The topological polar surface area (TPSA) is 83.5 Å². The molecule has 1 fully saturated rings. The molecule has 0 saturated carbocycles. The maximum absolute atomic E-state index is 13.4. The molecule has 8 heteroatoms. The van der Waals surface area contributed by atoms with Gasteiger partial charge in [0.05, 0.1) is 21.7 Å². The lowest BCUT2D eigenvalue weighted by atomic mass is 10.0. The molecule has 0 amide bonds. The predicted octanol–water partition coefficient (Wildman–Crippen LogP) is 3.20. The first-order chi connectivity index (χ1) is 15.4. The van der Waals surface area contributed by atoms with Crippen LogP contribution in [0.5, 0.6) is 0 Å². The summed E-state index contributed by atoms with van der Waals surface area (Å²) in [6, 6.07) is 14.5. The average Bonchev–Trinajstić information content (AvgIpc) is 3.09. The highest BCUT2D eigenvalue weighted by Gasteiger charge is 2.45. The number of nitrogens with one attached hydrogen (secondary N) is 1. The molecule has 2 aromatic rings. The molecule has 1 unspecified atom stereocenters. The van der Waals surface area contributed by atoms with Crippen LogP contribution in [0.4, 0.5) is 0 Å². The summed E-state index contributed by atoms with van der Waals surface area (Å²) in [4.78, 5) is 2.24. The van der Waals surface area contributed by atoms with E-state index in [0.29, 0.717) is 6.54 Å². The van der Waals surface area contributed by atoms with E-state index in [1.807, 2.05) is 40.1 Å². The molecule has 0 aromatic heterocycles. The van der Waals surface area contributed by atoms with E-state index in [1.165, 1.54) is 5.56 Å². The molecule has 1 N–H and O–H groups in total. The lowest BCUT2D eigenvalue weighted by molar-refractivity contribution is 0.282. The van der Waals surface area contributed by atoms with Gasteiger partial charge in [0.2, 0.25) is 0 Å². The first kappa shape index (κ1) is 25.9. The van der Waals surface area contributed by atoms with E-state index in [4.69, 9.17) is 0 Å². The summed E-state index contributed by atoms with van der Waals surface area (Å²) in [5.74, 6) is -0.232. The van der Waals surface area contributed by atoms with Crippen LogP contribution in [0.3, 0.4) is 0 Å². The third kappa shape index (κ3) is 6.04. The Labute approximate surface area is 199 Å². The van der Waals surface area contributed by atoms with Crippen LogP contribution in [-0.2, 0) is 26.1 Å². The SMILES string of the molecule is CCc1ccc(C(CN[C@H]2CS(=O)(=O)C[C@@H]2S(=O)(=O)c2ccc(C(C)C)cc2)N(C)C)cc1. The number of rotatable bonds is 9. The van der Waals surface area contributed by atoms with Crippen LogP contribution in [0.2, 0.25) is 0 Å². The van der Waals surface area contributed by atoms with Gasteiger partial charge >= 0.3 is 0 Å². The van der Waals surface area contributed by atoms with Crippen LogP contribution in [0.15, 0.2) is 53.4 Å². The Morgan fingerprint density at radius 2 is 1.55 bits per heavy atom. The van der Waals surface area contributed by atoms with Crippen molar-refractivity contribution in [1.29, 1.82) is 0 Å². The minimum absolute atomic E-state index is 0.00658. The van der Waals surface area contributed by atoms with Crippen LogP contribution >= 0.6 is 0 Å². The van der Waals surface area contributed by atoms with Crippen molar-refractivity contribution in [3.05, 3.63) is 65.2 Å². The van der Waals surface area contributed by atoms with E-state index in [0.717, 1.165) is 17.5 Å². The molecule has 1 saturated heterocycles. The van der Waals surface area contributed by atoms with Gasteiger partial charge in [0, 0.05) is 18.6 Å². The van der Waals surface area contributed by atoms with E-state index in [-0.39, 0.29) is 28.4 Å². The summed E-state index contributed by atoms with van der Waals surface area (Å²) >= 11 is 0. The van der Waals surface area contributed by atoms with Crippen molar-refractivity contribution < 1.29 is 16.8 Å². The highest BCUT2D eigenvalue weighted by molar-refractivity contribution is 7.96. The van der Waals surface area contributed by atoms with Gasteiger partial charge in [-0.15, -0.1) is 0 Å². The quantitative estimate of drug-likeness (QED) is 0.579. The van der Waals surface area contributed by atoms with Crippen molar-refractivity contribution in [2.24, 2.45) is 0 Å². The molecule has 182 valence electrons. The van der Waals surface area contributed by atoms with Gasteiger partial charge in [-0.1, -0.05) is 57.2 Å². The number of sulfone groups is 2. The minimum atomic E-state index is -3.80. The fraction of sp³-hybridized carbons (Fsp3) is 0.520. The van der Waals surface area contributed by atoms with Crippen molar-refractivity contribution in [3.8, 4) is 0 Å². The van der Waals surface area contributed by atoms with Gasteiger partial charge in [0.25, 0.3) is 0 Å². The Kier molecular flexibility index (Phi) is 8.04. The van der Waals surface area contributed by atoms with Gasteiger partial charge in [-0.2, -0.15) is 0 Å². The number of aryl methyl sites for hydroxylation is 1. The molecular weight excluding hydrogens is 456 g/mol. The van der Waals surface area contributed by atoms with Gasteiger partial charge in [-0.25, -0.2) is 16.8 Å². The van der Waals surface area contributed by atoms with E-state index >= 15 is 0 Å². The Morgan fingerprint density at radius 3 is 2.06 bits per heavy atom. The van der Waals surface area contributed by atoms with E-state index in [1.54, 1.807) is 12.1 Å². The third-order valence-corrected chi connectivity index (χ3v) is 10.7. The minimum Gasteiger partial charge on any atom is -0.310 e. The lowest BCUT2D eigenvalue weighted by Crippen LogP contribution is -2.46. The Morgan fingerprint density at radius 1 is 0.970 bits per heavy atom. The Hall–Kier alpha value is -1.74. The van der Waals surface area contributed by atoms with Gasteiger partial charge in [-0.05, 0) is 55.3 Å². The lowest BCUT2D eigenvalue weighted by Gasteiger charge is -2.28. The van der Waals surface area contributed by atoms with E-state index in [9.17, 15) is 16.8 Å². The van der Waals surface area contributed by atoms with Crippen molar-refractivity contribution >= 4 is 19.7 Å². The van der Waals surface area contributed by atoms with Crippen LogP contribution < -0.4 is 5.32 Å². The summed E-state index contributed by atoms with van der Waals surface area (Å²) in [5, 5.41) is 2.30. The van der Waals surface area contributed by atoms with Gasteiger partial charge in [0.15, 0.2) is 19.7 Å². The Balaban J connectivity index is 1.82. The zero-order valence-corrected chi connectivity index (χ0v) is 21.8. The molecule has 6 nitrogen and oxygen atoms in total. The van der Waals surface area contributed by atoms with Gasteiger partial charge in [-0.3, -0.25) is 0 Å². The maximum atomic E-state index is 13.4. The number of benzene rings is 2. The van der Waals surface area contributed by atoms with E-state index < -0.39 is 31.0 Å². The highest BCUT2D eigenvalue weighted by atomic mass is 32.2. The summed E-state index contributed by atoms with van der Waals surface area (Å²) in [6.07, 6.45) is 0.961. The maximum Gasteiger partial charge on any atom is 0.183 e. The molecule has 1 aliphatic rings. The number of hydrogen-bond acceptors (Lipinski definition) is 6. The van der Waals surface area contributed by atoms with Crippen LogP contribution in [0.1, 0.15) is 49.4 Å².